The van der Waals surface area contributed by atoms with Crippen LogP contribution in [-0.4, -0.2) is 48.3 Å². The zero-order valence-electron chi connectivity index (χ0n) is 21.5. The van der Waals surface area contributed by atoms with Crippen molar-refractivity contribution in [2.45, 2.75) is 88.9 Å². The van der Waals surface area contributed by atoms with Gasteiger partial charge in [-0.3, -0.25) is 4.79 Å². The number of nitrogens with zero attached hydrogens (tertiary/aromatic N) is 3. The number of hydrogen-bond acceptors (Lipinski definition) is 5. The number of hydrogen-bond donors (Lipinski definition) is 3. The highest BCUT2D eigenvalue weighted by atomic mass is 19.1. The maximum absolute atomic E-state index is 13.9. The highest BCUT2D eigenvalue weighted by Crippen LogP contribution is 2.50. The Morgan fingerprint density at radius 3 is 2.30 bits per heavy atom. The molecule has 1 aromatic carbocycles. The first-order chi connectivity index (χ1) is 17.5. The molecule has 0 radical (unpaired) electrons. The van der Waals surface area contributed by atoms with E-state index in [-0.39, 0.29) is 23.7 Å². The van der Waals surface area contributed by atoms with Gasteiger partial charge in [-0.05, 0) is 64.2 Å². The van der Waals surface area contributed by atoms with Crippen LogP contribution in [0.25, 0.3) is 28.2 Å². The van der Waals surface area contributed by atoms with E-state index in [1.807, 2.05) is 10.8 Å². The number of carboxylic acid groups (broad SMARTS) is 1. The normalized spacial score (nSPS) is 18.0. The number of pyridine rings is 1. The lowest BCUT2D eigenvalue weighted by atomic mass is 9.92. The molecule has 3 N–H and O–H groups in total. The number of carboxylic acids is 1. The molecule has 7 nitrogen and oxygen atoms in total. The Morgan fingerprint density at radius 1 is 1.11 bits per heavy atom. The molecule has 0 amide bonds. The van der Waals surface area contributed by atoms with Crippen molar-refractivity contribution in [2.75, 3.05) is 0 Å². The van der Waals surface area contributed by atoms with Crippen LogP contribution < -0.4 is 0 Å². The van der Waals surface area contributed by atoms with Crippen molar-refractivity contribution < 1.29 is 24.5 Å². The van der Waals surface area contributed by atoms with E-state index in [1.165, 1.54) is 12.1 Å². The average Bonchev–Trinajstić information content (AvgIpc) is 3.73. The summed E-state index contributed by atoms with van der Waals surface area (Å²) < 4.78 is 16.0. The molecule has 0 aliphatic heterocycles. The van der Waals surface area contributed by atoms with E-state index in [0.29, 0.717) is 5.92 Å². The zero-order valence-corrected chi connectivity index (χ0v) is 21.5. The van der Waals surface area contributed by atoms with Gasteiger partial charge in [0.05, 0.1) is 40.9 Å². The van der Waals surface area contributed by atoms with E-state index in [2.05, 4.69) is 20.8 Å². The topological polar surface area (TPSA) is 108 Å². The first-order valence-corrected chi connectivity index (χ1v) is 13.0. The fourth-order valence-electron chi connectivity index (χ4n) is 4.92. The minimum atomic E-state index is -1.15. The maximum Gasteiger partial charge on any atom is 0.305 e. The Morgan fingerprint density at radius 2 is 1.73 bits per heavy atom. The highest BCUT2D eigenvalue weighted by molar-refractivity contribution is 6.00. The third kappa shape index (κ3) is 5.45. The minimum Gasteiger partial charge on any atom is -0.481 e. The van der Waals surface area contributed by atoms with Gasteiger partial charge in [0.25, 0.3) is 0 Å². The lowest BCUT2D eigenvalue weighted by Gasteiger charge is -2.21. The van der Waals surface area contributed by atoms with Crippen molar-refractivity contribution in [3.63, 3.8) is 0 Å². The summed E-state index contributed by atoms with van der Waals surface area (Å²) in [7, 11) is 0. The summed E-state index contributed by atoms with van der Waals surface area (Å²) in [6.07, 6.45) is 4.90. The van der Waals surface area contributed by atoms with Crippen molar-refractivity contribution in [1.82, 2.24) is 14.8 Å². The Kier molecular flexibility index (Phi) is 6.66. The molecular weight excluding hydrogens is 473 g/mol. The molecule has 2 aliphatic carbocycles. The molecule has 3 aromatic rings. The van der Waals surface area contributed by atoms with Crippen molar-refractivity contribution >= 4 is 23.1 Å². The molecule has 0 bridgehead atoms. The van der Waals surface area contributed by atoms with Crippen LogP contribution in [0.4, 0.5) is 4.39 Å². The molecule has 2 fully saturated rings. The van der Waals surface area contributed by atoms with Gasteiger partial charge in [0, 0.05) is 29.4 Å². The summed E-state index contributed by atoms with van der Waals surface area (Å²) in [4.78, 5) is 16.1. The number of fused-ring (bicyclic) bond motifs is 1. The van der Waals surface area contributed by atoms with Crippen molar-refractivity contribution in [3.8, 4) is 11.1 Å². The largest absolute Gasteiger partial charge is 0.481 e. The molecule has 2 aliphatic rings. The number of aliphatic hydroxyl groups is 2. The summed E-state index contributed by atoms with van der Waals surface area (Å²) in [5.74, 6) is -0.793. The van der Waals surface area contributed by atoms with E-state index in [9.17, 15) is 19.4 Å². The summed E-state index contributed by atoms with van der Waals surface area (Å²) in [5.41, 5.74) is 5.12. The van der Waals surface area contributed by atoms with Crippen molar-refractivity contribution in [3.05, 3.63) is 53.1 Å². The number of rotatable bonds is 9. The van der Waals surface area contributed by atoms with Crippen molar-refractivity contribution in [2.24, 2.45) is 0 Å². The first-order valence-electron chi connectivity index (χ1n) is 13.0. The number of aliphatic hydroxyl groups excluding tert-OH is 2. The van der Waals surface area contributed by atoms with Crippen LogP contribution in [-0.2, 0) is 10.3 Å². The molecule has 2 heterocycles. The molecule has 0 saturated heterocycles. The van der Waals surface area contributed by atoms with Gasteiger partial charge >= 0.3 is 5.97 Å². The number of halogens is 1. The molecule has 37 heavy (non-hydrogen) atoms. The predicted molar refractivity (Wildman–Crippen MR) is 140 cm³/mol. The van der Waals surface area contributed by atoms with Crippen LogP contribution >= 0.6 is 0 Å². The summed E-state index contributed by atoms with van der Waals surface area (Å²) in [5, 5.41) is 35.5. The molecule has 196 valence electrons. The molecule has 2 saturated carbocycles. The van der Waals surface area contributed by atoms with E-state index in [1.54, 1.807) is 18.2 Å². The zero-order chi connectivity index (χ0) is 26.5. The molecule has 8 heteroatoms. The lowest BCUT2D eigenvalue weighted by molar-refractivity contribution is -0.139. The molecular formula is C29H34FN3O4. The highest BCUT2D eigenvalue weighted by Gasteiger charge is 2.36. The molecule has 5 rings (SSSR count). The maximum atomic E-state index is 13.9. The number of carbonyl (C=O) groups is 1. The van der Waals surface area contributed by atoms with E-state index in [0.717, 1.165) is 64.8 Å². The third-order valence-corrected chi connectivity index (χ3v) is 7.02. The van der Waals surface area contributed by atoms with Gasteiger partial charge in [-0.15, -0.1) is 0 Å². The lowest BCUT2D eigenvalue weighted by Crippen LogP contribution is -2.23. The summed E-state index contributed by atoms with van der Waals surface area (Å²) in [6.45, 7) is 6.33. The van der Waals surface area contributed by atoms with Crippen LogP contribution in [0.3, 0.4) is 0 Å². The third-order valence-electron chi connectivity index (χ3n) is 7.02. The summed E-state index contributed by atoms with van der Waals surface area (Å²) in [6, 6.07) is 6.45. The van der Waals surface area contributed by atoms with Crippen LogP contribution in [0.1, 0.15) is 88.1 Å². The molecule has 2 aromatic heterocycles. The average molecular weight is 508 g/mol. The van der Waals surface area contributed by atoms with Crippen LogP contribution in [0, 0.1) is 5.82 Å². The first kappa shape index (κ1) is 25.5. The van der Waals surface area contributed by atoms with E-state index < -0.39 is 24.6 Å². The predicted octanol–water partition coefficient (Wildman–Crippen LogP) is 5.35. The quantitative estimate of drug-likeness (QED) is 0.360. The smallest absolute Gasteiger partial charge is 0.305 e. The van der Waals surface area contributed by atoms with Gasteiger partial charge in [-0.1, -0.05) is 24.3 Å². The van der Waals surface area contributed by atoms with Gasteiger partial charge in [0.1, 0.15) is 5.82 Å². The van der Waals surface area contributed by atoms with Gasteiger partial charge in [-0.2, -0.15) is 5.10 Å². The second-order valence-corrected chi connectivity index (χ2v) is 11.4. The molecule has 0 spiro atoms. The van der Waals surface area contributed by atoms with Gasteiger partial charge < -0.3 is 15.3 Å². The van der Waals surface area contributed by atoms with E-state index in [4.69, 9.17) is 15.2 Å². The van der Waals surface area contributed by atoms with Gasteiger partial charge in [-0.25, -0.2) is 14.1 Å². The van der Waals surface area contributed by atoms with E-state index >= 15 is 0 Å². The Bertz CT molecular complexity index is 1350. The number of aliphatic carboxylic acids is 1. The number of aromatic nitrogens is 3. The Labute approximate surface area is 215 Å². The van der Waals surface area contributed by atoms with Crippen LogP contribution in [0.2, 0.25) is 0 Å². The molecule has 2 atom stereocenters. The SMILES string of the molecule is CC(C)(C)n1nc(C2CC2)c2c(-c3ccc(F)cc3)c(C=CC(O)CC(O)CC(=O)O)c(C3CC3)nc21. The Hall–Kier alpha value is -3.10. The molecule has 2 unspecified atom stereocenters. The summed E-state index contributed by atoms with van der Waals surface area (Å²) >= 11 is 0. The monoisotopic (exact) mass is 507 g/mol. The van der Waals surface area contributed by atoms with Crippen molar-refractivity contribution in [1.29, 1.82) is 0 Å². The van der Waals surface area contributed by atoms with Gasteiger partial charge in [0.2, 0.25) is 0 Å². The fourth-order valence-corrected chi connectivity index (χ4v) is 4.92. The fraction of sp³-hybridized carbons (Fsp3) is 0.483. The second-order valence-electron chi connectivity index (χ2n) is 11.4. The van der Waals surface area contributed by atoms with Crippen LogP contribution in [0.15, 0.2) is 30.3 Å². The second kappa shape index (κ2) is 9.65. The standard InChI is InChI=1S/C29H34FN3O4/c1-29(2,3)33-28-25(27(32-33)18-6-7-18)24(16-8-10-19(30)11-9-16)22(26(31-28)17-4-5-17)13-12-20(34)14-21(35)15-23(36)37/h8-13,17-18,20-21,34-35H,4-7,14-15H2,1-3H3,(H,36,37). The number of benzene rings is 1. The van der Waals surface area contributed by atoms with Gasteiger partial charge in [0.15, 0.2) is 5.65 Å². The van der Waals surface area contributed by atoms with Crippen LogP contribution in [0.5, 0.6) is 0 Å². The Balaban J connectivity index is 1.72. The minimum absolute atomic E-state index is 0.0849.